The van der Waals surface area contributed by atoms with Gasteiger partial charge in [-0.15, -0.1) is 0 Å². The zero-order chi connectivity index (χ0) is 21.8. The van der Waals surface area contributed by atoms with Crippen LogP contribution < -0.4 is 5.32 Å². The van der Waals surface area contributed by atoms with Crippen LogP contribution in [0.15, 0.2) is 54.6 Å². The van der Waals surface area contributed by atoms with E-state index in [0.29, 0.717) is 17.1 Å². The minimum atomic E-state index is -0.0180. The van der Waals surface area contributed by atoms with Gasteiger partial charge < -0.3 is 14.8 Å². The number of halogens is 1. The molecule has 5 heteroatoms. The van der Waals surface area contributed by atoms with Crippen LogP contribution in [-0.4, -0.2) is 41.6 Å². The number of amides is 1. The molecule has 1 aliphatic rings. The lowest BCUT2D eigenvalue weighted by Gasteiger charge is -2.26. The zero-order valence-corrected chi connectivity index (χ0v) is 19.1. The maximum Gasteiger partial charge on any atom is 0.253 e. The van der Waals surface area contributed by atoms with Crippen LogP contribution in [0, 0.1) is 13.8 Å². The summed E-state index contributed by atoms with van der Waals surface area (Å²) in [6.45, 7) is 7.95. The number of hydrogen-bond donors (Lipinski definition) is 1. The monoisotopic (exact) mass is 435 g/mol. The van der Waals surface area contributed by atoms with Crippen LogP contribution in [0.4, 0.5) is 0 Å². The maximum atomic E-state index is 13.1. The van der Waals surface area contributed by atoms with Gasteiger partial charge in [0.2, 0.25) is 0 Å². The van der Waals surface area contributed by atoms with E-state index < -0.39 is 0 Å². The lowest BCUT2D eigenvalue weighted by Crippen LogP contribution is -2.37. The number of aryl methyl sites for hydroxylation is 1. The summed E-state index contributed by atoms with van der Waals surface area (Å²) < 4.78 is 2.15. The SMILES string of the molecule is Cc1ccc(-n2c(-c3ccc(Cl)cc3)cc(C(=O)NCCN3CCCCC3)c2C)cc1. The largest absolute Gasteiger partial charge is 0.351 e. The first-order chi connectivity index (χ1) is 15.0. The van der Waals surface area contributed by atoms with Crippen LogP contribution >= 0.6 is 11.6 Å². The molecule has 1 aromatic heterocycles. The van der Waals surface area contributed by atoms with Gasteiger partial charge in [0.15, 0.2) is 0 Å². The topological polar surface area (TPSA) is 37.3 Å². The van der Waals surface area contributed by atoms with Gasteiger partial charge in [0.05, 0.1) is 11.3 Å². The number of likely N-dealkylation sites (tertiary alicyclic amines) is 1. The summed E-state index contributed by atoms with van der Waals surface area (Å²) in [5, 5.41) is 3.83. The maximum absolute atomic E-state index is 13.1. The van der Waals surface area contributed by atoms with Crippen LogP contribution in [0.1, 0.15) is 40.9 Å². The summed E-state index contributed by atoms with van der Waals surface area (Å²) in [6, 6.07) is 18.2. The molecule has 3 aromatic rings. The first kappa shape index (κ1) is 21.7. The first-order valence-electron chi connectivity index (χ1n) is 11.1. The fraction of sp³-hybridized carbons (Fsp3) is 0.346. The van der Waals surface area contributed by atoms with E-state index in [1.807, 2.05) is 37.3 Å². The van der Waals surface area contributed by atoms with Gasteiger partial charge >= 0.3 is 0 Å². The third-order valence-electron chi connectivity index (χ3n) is 6.09. The average molecular weight is 436 g/mol. The van der Waals surface area contributed by atoms with Crippen molar-refractivity contribution in [2.24, 2.45) is 0 Å². The number of rotatable bonds is 6. The number of hydrogen-bond acceptors (Lipinski definition) is 2. The molecule has 0 radical (unpaired) electrons. The predicted octanol–water partition coefficient (Wildman–Crippen LogP) is 5.63. The van der Waals surface area contributed by atoms with Crippen LogP contribution in [0.2, 0.25) is 5.02 Å². The van der Waals surface area contributed by atoms with Crippen molar-refractivity contribution in [3.63, 3.8) is 0 Å². The molecule has 1 aliphatic heterocycles. The summed E-state index contributed by atoms with van der Waals surface area (Å²) in [7, 11) is 0. The van der Waals surface area contributed by atoms with E-state index in [2.05, 4.69) is 46.0 Å². The molecule has 1 fully saturated rings. The third-order valence-corrected chi connectivity index (χ3v) is 6.34. The van der Waals surface area contributed by atoms with Gasteiger partial charge in [0.25, 0.3) is 5.91 Å². The number of benzene rings is 2. The molecule has 1 saturated heterocycles. The third kappa shape index (κ3) is 5.03. The predicted molar refractivity (Wildman–Crippen MR) is 128 cm³/mol. The van der Waals surface area contributed by atoms with E-state index in [1.165, 1.54) is 24.8 Å². The Balaban J connectivity index is 1.61. The molecule has 4 nitrogen and oxygen atoms in total. The summed E-state index contributed by atoms with van der Waals surface area (Å²) in [5.41, 5.74) is 5.91. The molecule has 0 unspecified atom stereocenters. The number of nitrogens with one attached hydrogen (secondary N) is 1. The van der Waals surface area contributed by atoms with Crippen molar-refractivity contribution in [2.75, 3.05) is 26.2 Å². The number of carbonyl (C=O) groups excluding carboxylic acids is 1. The van der Waals surface area contributed by atoms with Gasteiger partial charge in [-0.3, -0.25) is 4.79 Å². The molecule has 4 rings (SSSR count). The van der Waals surface area contributed by atoms with Crippen molar-refractivity contribution in [1.82, 2.24) is 14.8 Å². The number of aromatic nitrogens is 1. The Labute approximate surface area is 189 Å². The van der Waals surface area contributed by atoms with E-state index >= 15 is 0 Å². The Kier molecular flexibility index (Phi) is 6.79. The Bertz CT molecular complexity index is 1030. The van der Waals surface area contributed by atoms with E-state index in [4.69, 9.17) is 11.6 Å². The smallest absolute Gasteiger partial charge is 0.253 e. The molecule has 0 saturated carbocycles. The van der Waals surface area contributed by atoms with Crippen LogP contribution in [0.5, 0.6) is 0 Å². The minimum absolute atomic E-state index is 0.0180. The molecule has 0 aliphatic carbocycles. The van der Waals surface area contributed by atoms with E-state index in [1.54, 1.807) is 0 Å². The van der Waals surface area contributed by atoms with E-state index in [-0.39, 0.29) is 5.91 Å². The van der Waals surface area contributed by atoms with Gasteiger partial charge in [-0.1, -0.05) is 47.9 Å². The van der Waals surface area contributed by atoms with E-state index in [9.17, 15) is 4.79 Å². The highest BCUT2D eigenvalue weighted by Crippen LogP contribution is 2.30. The highest BCUT2D eigenvalue weighted by atomic mass is 35.5. The van der Waals surface area contributed by atoms with Crippen molar-refractivity contribution in [3.05, 3.63) is 76.4 Å². The number of nitrogens with zero attached hydrogens (tertiary/aromatic N) is 2. The van der Waals surface area contributed by atoms with Gasteiger partial charge in [-0.2, -0.15) is 0 Å². The average Bonchev–Trinajstić information content (AvgIpc) is 3.13. The van der Waals surface area contributed by atoms with Crippen molar-refractivity contribution >= 4 is 17.5 Å². The minimum Gasteiger partial charge on any atom is -0.351 e. The Hall–Kier alpha value is -2.56. The van der Waals surface area contributed by atoms with Crippen LogP contribution in [-0.2, 0) is 0 Å². The molecular formula is C26H30ClN3O. The lowest BCUT2D eigenvalue weighted by molar-refractivity contribution is 0.0946. The molecule has 2 heterocycles. The van der Waals surface area contributed by atoms with E-state index in [0.717, 1.165) is 42.3 Å². The highest BCUT2D eigenvalue weighted by Gasteiger charge is 2.20. The number of carbonyl (C=O) groups is 1. The fourth-order valence-corrected chi connectivity index (χ4v) is 4.43. The molecular weight excluding hydrogens is 406 g/mol. The first-order valence-corrected chi connectivity index (χ1v) is 11.5. The quantitative estimate of drug-likeness (QED) is 0.544. The molecule has 162 valence electrons. The summed E-state index contributed by atoms with van der Waals surface area (Å²) in [5.74, 6) is -0.0180. The second-order valence-corrected chi connectivity index (χ2v) is 8.80. The number of piperidine rings is 1. The normalized spacial score (nSPS) is 14.5. The van der Waals surface area contributed by atoms with Crippen LogP contribution in [0.25, 0.3) is 16.9 Å². The van der Waals surface area contributed by atoms with Crippen molar-refractivity contribution in [2.45, 2.75) is 33.1 Å². The summed E-state index contributed by atoms with van der Waals surface area (Å²) >= 11 is 6.11. The molecule has 0 spiro atoms. The molecule has 31 heavy (non-hydrogen) atoms. The molecule has 1 amide bonds. The summed E-state index contributed by atoms with van der Waals surface area (Å²) in [4.78, 5) is 15.5. The van der Waals surface area contributed by atoms with Crippen molar-refractivity contribution in [3.8, 4) is 16.9 Å². The van der Waals surface area contributed by atoms with Crippen molar-refractivity contribution in [1.29, 1.82) is 0 Å². The van der Waals surface area contributed by atoms with Gasteiger partial charge in [0.1, 0.15) is 0 Å². The molecule has 0 bridgehead atoms. The fourth-order valence-electron chi connectivity index (χ4n) is 4.30. The van der Waals surface area contributed by atoms with Gasteiger partial charge in [0, 0.05) is 29.5 Å². The highest BCUT2D eigenvalue weighted by molar-refractivity contribution is 6.30. The molecule has 1 N–H and O–H groups in total. The zero-order valence-electron chi connectivity index (χ0n) is 18.3. The Morgan fingerprint density at radius 3 is 2.32 bits per heavy atom. The standard InChI is InChI=1S/C26H30ClN3O/c1-19-6-12-23(13-7-19)30-20(2)24(18-25(30)21-8-10-22(27)11-9-21)26(31)28-14-17-29-15-4-3-5-16-29/h6-13,18H,3-5,14-17H2,1-2H3,(H,28,31). The Morgan fingerprint density at radius 2 is 1.65 bits per heavy atom. The van der Waals surface area contributed by atoms with Gasteiger partial charge in [-0.25, -0.2) is 0 Å². The van der Waals surface area contributed by atoms with Gasteiger partial charge in [-0.05, 0) is 75.7 Å². The second-order valence-electron chi connectivity index (χ2n) is 8.36. The van der Waals surface area contributed by atoms with Crippen molar-refractivity contribution < 1.29 is 4.79 Å². The molecule has 0 atom stereocenters. The van der Waals surface area contributed by atoms with Crippen LogP contribution in [0.3, 0.4) is 0 Å². The second kappa shape index (κ2) is 9.71. The summed E-state index contributed by atoms with van der Waals surface area (Å²) in [6.07, 6.45) is 3.84. The lowest BCUT2D eigenvalue weighted by atomic mass is 10.1. The Morgan fingerprint density at radius 1 is 0.968 bits per heavy atom. The molecule has 2 aromatic carbocycles.